The van der Waals surface area contributed by atoms with Gasteiger partial charge < -0.3 is 4.74 Å². The second kappa shape index (κ2) is 6.51. The molecular formula is C14H18FN3O3. The number of aromatic nitrogens is 1. The van der Waals surface area contributed by atoms with Crippen LogP contribution in [0.2, 0.25) is 0 Å². The summed E-state index contributed by atoms with van der Waals surface area (Å²) in [6.45, 7) is 4.53. The summed E-state index contributed by atoms with van der Waals surface area (Å²) in [5, 5.41) is 0. The predicted octanol–water partition coefficient (Wildman–Crippen LogP) is 1.66. The van der Waals surface area contributed by atoms with Crippen LogP contribution < -0.4 is 4.90 Å². The van der Waals surface area contributed by atoms with Gasteiger partial charge in [0.15, 0.2) is 11.6 Å². The Kier molecular flexibility index (Phi) is 4.72. The first kappa shape index (κ1) is 15.2. The van der Waals surface area contributed by atoms with Crippen LogP contribution in [-0.2, 0) is 9.53 Å². The molecule has 0 radical (unpaired) electrons. The van der Waals surface area contributed by atoms with E-state index >= 15 is 0 Å². The first-order chi connectivity index (χ1) is 9.99. The summed E-state index contributed by atoms with van der Waals surface area (Å²) in [6.07, 6.45) is 0.910. The summed E-state index contributed by atoms with van der Waals surface area (Å²) in [4.78, 5) is 30.3. The molecule has 114 valence electrons. The lowest BCUT2D eigenvalue weighted by Gasteiger charge is -2.33. The van der Waals surface area contributed by atoms with Crippen molar-refractivity contribution in [2.75, 3.05) is 31.1 Å². The van der Waals surface area contributed by atoms with E-state index in [1.807, 2.05) is 13.8 Å². The number of halogens is 1. The maximum atomic E-state index is 13.7. The standard InChI is InChI=1S/C14H18FN3O3/c1-10(2)9-21-14(20)17-6-7-18(12(19)8-17)13-11(15)4-3-5-16-13/h3-5,10H,6-9H2,1-2H3. The Morgan fingerprint density at radius 2 is 2.24 bits per heavy atom. The van der Waals surface area contributed by atoms with Crippen LogP contribution in [0.15, 0.2) is 18.3 Å². The van der Waals surface area contributed by atoms with Crippen molar-refractivity contribution in [1.82, 2.24) is 9.88 Å². The molecule has 2 amide bonds. The van der Waals surface area contributed by atoms with Crippen LogP contribution in [0.25, 0.3) is 0 Å². The van der Waals surface area contributed by atoms with Gasteiger partial charge in [0.1, 0.15) is 6.54 Å². The molecular weight excluding hydrogens is 277 g/mol. The van der Waals surface area contributed by atoms with Gasteiger partial charge in [-0.15, -0.1) is 0 Å². The summed E-state index contributed by atoms with van der Waals surface area (Å²) in [6, 6.07) is 2.71. The van der Waals surface area contributed by atoms with E-state index in [4.69, 9.17) is 4.74 Å². The lowest BCUT2D eigenvalue weighted by molar-refractivity contribution is -0.121. The average Bonchev–Trinajstić information content (AvgIpc) is 2.45. The van der Waals surface area contributed by atoms with Crippen molar-refractivity contribution in [3.8, 4) is 0 Å². The number of carbonyl (C=O) groups is 2. The number of nitrogens with zero attached hydrogens (tertiary/aromatic N) is 3. The third-order valence-electron chi connectivity index (χ3n) is 3.01. The molecule has 0 aromatic carbocycles. The molecule has 7 heteroatoms. The van der Waals surface area contributed by atoms with Crippen molar-refractivity contribution in [1.29, 1.82) is 0 Å². The molecule has 1 aromatic rings. The van der Waals surface area contributed by atoms with Gasteiger partial charge in [-0.05, 0) is 18.1 Å². The van der Waals surface area contributed by atoms with Crippen LogP contribution in [0.1, 0.15) is 13.8 Å². The molecule has 21 heavy (non-hydrogen) atoms. The minimum Gasteiger partial charge on any atom is -0.449 e. The van der Waals surface area contributed by atoms with Crippen LogP contribution >= 0.6 is 0 Å². The van der Waals surface area contributed by atoms with Crippen LogP contribution in [-0.4, -0.2) is 48.1 Å². The van der Waals surface area contributed by atoms with Crippen molar-refractivity contribution in [2.45, 2.75) is 13.8 Å². The molecule has 0 unspecified atom stereocenters. The summed E-state index contributed by atoms with van der Waals surface area (Å²) in [7, 11) is 0. The Morgan fingerprint density at radius 3 is 2.86 bits per heavy atom. The number of piperazine rings is 1. The molecule has 1 aromatic heterocycles. The Hall–Kier alpha value is -2.18. The van der Waals surface area contributed by atoms with Crippen LogP contribution in [0, 0.1) is 11.7 Å². The molecule has 1 aliphatic rings. The molecule has 1 aliphatic heterocycles. The van der Waals surface area contributed by atoms with Crippen molar-refractivity contribution in [3.05, 3.63) is 24.1 Å². The third-order valence-corrected chi connectivity index (χ3v) is 3.01. The highest BCUT2D eigenvalue weighted by atomic mass is 19.1. The molecule has 2 rings (SSSR count). The second-order valence-electron chi connectivity index (χ2n) is 5.25. The SMILES string of the molecule is CC(C)COC(=O)N1CCN(c2ncccc2F)C(=O)C1. The van der Waals surface area contributed by atoms with Gasteiger partial charge in [0, 0.05) is 19.3 Å². The lowest BCUT2D eigenvalue weighted by Crippen LogP contribution is -2.53. The monoisotopic (exact) mass is 295 g/mol. The molecule has 0 atom stereocenters. The first-order valence-electron chi connectivity index (χ1n) is 6.81. The number of anilines is 1. The molecule has 0 bridgehead atoms. The Balaban J connectivity index is 1.98. The van der Waals surface area contributed by atoms with Crippen LogP contribution in [0.5, 0.6) is 0 Å². The lowest BCUT2D eigenvalue weighted by atomic mass is 10.2. The number of rotatable bonds is 3. The van der Waals surface area contributed by atoms with Gasteiger partial charge in [-0.1, -0.05) is 13.8 Å². The Bertz CT molecular complexity index is 536. The Morgan fingerprint density at radius 1 is 1.48 bits per heavy atom. The summed E-state index contributed by atoms with van der Waals surface area (Å²) in [5.74, 6) is -0.701. The molecule has 0 N–H and O–H groups in total. The van der Waals surface area contributed by atoms with Crippen LogP contribution in [0.4, 0.5) is 15.0 Å². The summed E-state index contributed by atoms with van der Waals surface area (Å²) in [5.41, 5.74) is 0. The number of hydrogen-bond acceptors (Lipinski definition) is 4. The summed E-state index contributed by atoms with van der Waals surface area (Å²) < 4.78 is 18.7. The second-order valence-corrected chi connectivity index (χ2v) is 5.25. The molecule has 0 spiro atoms. The largest absolute Gasteiger partial charge is 0.449 e. The quantitative estimate of drug-likeness (QED) is 0.851. The molecule has 1 saturated heterocycles. The van der Waals surface area contributed by atoms with E-state index in [1.54, 1.807) is 0 Å². The third kappa shape index (κ3) is 3.68. The van der Waals surface area contributed by atoms with E-state index in [1.165, 1.54) is 28.1 Å². The van der Waals surface area contributed by atoms with Gasteiger partial charge in [-0.25, -0.2) is 14.2 Å². The van der Waals surface area contributed by atoms with Crippen molar-refractivity contribution in [3.63, 3.8) is 0 Å². The number of carbonyl (C=O) groups excluding carboxylic acids is 2. The van der Waals surface area contributed by atoms with Crippen LogP contribution in [0.3, 0.4) is 0 Å². The van der Waals surface area contributed by atoms with Gasteiger partial charge in [0.2, 0.25) is 5.91 Å². The number of pyridine rings is 1. The molecule has 1 fully saturated rings. The van der Waals surface area contributed by atoms with Crippen molar-refractivity contribution in [2.24, 2.45) is 5.92 Å². The van der Waals surface area contributed by atoms with Gasteiger partial charge in [0.25, 0.3) is 0 Å². The predicted molar refractivity (Wildman–Crippen MR) is 74.3 cm³/mol. The average molecular weight is 295 g/mol. The molecule has 2 heterocycles. The van der Waals surface area contributed by atoms with E-state index in [0.717, 1.165) is 0 Å². The number of hydrogen-bond donors (Lipinski definition) is 0. The highest BCUT2D eigenvalue weighted by Crippen LogP contribution is 2.18. The smallest absolute Gasteiger partial charge is 0.410 e. The van der Waals surface area contributed by atoms with Gasteiger partial charge in [-0.2, -0.15) is 0 Å². The zero-order chi connectivity index (χ0) is 15.4. The van der Waals surface area contributed by atoms with Crippen molar-refractivity contribution >= 4 is 17.8 Å². The number of amides is 2. The van der Waals surface area contributed by atoms with E-state index in [2.05, 4.69) is 4.98 Å². The zero-order valence-corrected chi connectivity index (χ0v) is 12.1. The van der Waals surface area contributed by atoms with Gasteiger partial charge in [-0.3, -0.25) is 14.6 Å². The van der Waals surface area contributed by atoms with E-state index in [-0.39, 0.29) is 30.7 Å². The van der Waals surface area contributed by atoms with Crippen molar-refractivity contribution < 1.29 is 18.7 Å². The molecule has 0 saturated carbocycles. The number of ether oxygens (including phenoxy) is 1. The highest BCUT2D eigenvalue weighted by molar-refractivity contribution is 5.96. The maximum absolute atomic E-state index is 13.7. The van der Waals surface area contributed by atoms with E-state index < -0.39 is 11.9 Å². The summed E-state index contributed by atoms with van der Waals surface area (Å²) >= 11 is 0. The fraction of sp³-hybridized carbons (Fsp3) is 0.500. The minimum absolute atomic E-state index is 0.00213. The minimum atomic E-state index is -0.554. The zero-order valence-electron chi connectivity index (χ0n) is 12.1. The van der Waals surface area contributed by atoms with E-state index in [0.29, 0.717) is 13.2 Å². The fourth-order valence-corrected chi connectivity index (χ4v) is 1.96. The Labute approximate surface area is 122 Å². The maximum Gasteiger partial charge on any atom is 0.410 e. The van der Waals surface area contributed by atoms with E-state index in [9.17, 15) is 14.0 Å². The highest BCUT2D eigenvalue weighted by Gasteiger charge is 2.30. The topological polar surface area (TPSA) is 62.7 Å². The first-order valence-corrected chi connectivity index (χ1v) is 6.81. The van der Waals surface area contributed by atoms with Gasteiger partial charge >= 0.3 is 6.09 Å². The normalized spacial score (nSPS) is 15.5. The molecule has 6 nitrogen and oxygen atoms in total. The fourth-order valence-electron chi connectivity index (χ4n) is 1.96. The molecule has 0 aliphatic carbocycles. The van der Waals surface area contributed by atoms with Gasteiger partial charge in [0.05, 0.1) is 6.61 Å².